The summed E-state index contributed by atoms with van der Waals surface area (Å²) < 4.78 is 6.15. The monoisotopic (exact) mass is 276 g/mol. The molecule has 0 fully saturated rings. The van der Waals surface area contributed by atoms with Gasteiger partial charge in [0.15, 0.2) is 5.69 Å². The molecular weight excluding hydrogens is 264 g/mol. The van der Waals surface area contributed by atoms with Crippen molar-refractivity contribution < 1.29 is 14.5 Å². The number of carbonyl (C=O) groups excluding carboxylic acids is 1. The number of benzene rings is 1. The maximum atomic E-state index is 11.7. The van der Waals surface area contributed by atoms with Crippen LogP contribution in [0.15, 0.2) is 30.5 Å². The van der Waals surface area contributed by atoms with Crippen molar-refractivity contribution in [2.75, 3.05) is 6.61 Å². The molecule has 1 aromatic heterocycles. The van der Waals surface area contributed by atoms with Crippen molar-refractivity contribution in [3.63, 3.8) is 0 Å². The van der Waals surface area contributed by atoms with E-state index >= 15 is 0 Å². The number of nitrogens with zero attached hydrogens (tertiary/aromatic N) is 4. The maximum Gasteiger partial charge on any atom is 0.358 e. The minimum atomic E-state index is -0.559. The SMILES string of the molecule is CCOC(=O)c1cnnn1Cc1ccccc1[N+](=O)[O-]. The van der Waals surface area contributed by atoms with Crippen LogP contribution in [0.4, 0.5) is 5.69 Å². The fourth-order valence-corrected chi connectivity index (χ4v) is 1.72. The van der Waals surface area contributed by atoms with Crippen molar-refractivity contribution in [1.29, 1.82) is 0 Å². The maximum absolute atomic E-state index is 11.7. The predicted octanol–water partition coefficient (Wildman–Crippen LogP) is 1.41. The van der Waals surface area contributed by atoms with E-state index in [0.717, 1.165) is 0 Å². The van der Waals surface area contributed by atoms with Crippen LogP contribution in [0.5, 0.6) is 0 Å². The van der Waals surface area contributed by atoms with E-state index in [-0.39, 0.29) is 24.5 Å². The van der Waals surface area contributed by atoms with E-state index in [1.807, 2.05) is 0 Å². The molecule has 104 valence electrons. The molecule has 0 saturated carbocycles. The van der Waals surface area contributed by atoms with Crippen LogP contribution in [-0.4, -0.2) is 32.5 Å². The van der Waals surface area contributed by atoms with Crippen LogP contribution < -0.4 is 0 Å². The third-order valence-electron chi connectivity index (χ3n) is 2.61. The van der Waals surface area contributed by atoms with Gasteiger partial charge in [-0.1, -0.05) is 23.4 Å². The number of carbonyl (C=O) groups is 1. The zero-order chi connectivity index (χ0) is 14.5. The minimum Gasteiger partial charge on any atom is -0.461 e. The van der Waals surface area contributed by atoms with Gasteiger partial charge in [-0.3, -0.25) is 10.1 Å². The summed E-state index contributed by atoms with van der Waals surface area (Å²) in [5.74, 6) is -0.559. The van der Waals surface area contributed by atoms with Gasteiger partial charge in [-0.25, -0.2) is 9.48 Å². The Labute approximate surface area is 114 Å². The van der Waals surface area contributed by atoms with Crippen molar-refractivity contribution in [2.24, 2.45) is 0 Å². The van der Waals surface area contributed by atoms with Gasteiger partial charge in [-0.15, -0.1) is 5.10 Å². The molecule has 8 nitrogen and oxygen atoms in total. The van der Waals surface area contributed by atoms with Crippen LogP contribution in [0.2, 0.25) is 0 Å². The van der Waals surface area contributed by atoms with Crippen LogP contribution in [0.3, 0.4) is 0 Å². The second-order valence-electron chi connectivity index (χ2n) is 3.88. The first kappa shape index (κ1) is 13.7. The second-order valence-corrected chi connectivity index (χ2v) is 3.88. The Morgan fingerprint density at radius 2 is 2.20 bits per heavy atom. The molecular formula is C12H12N4O4. The van der Waals surface area contributed by atoms with Crippen LogP contribution in [0.25, 0.3) is 0 Å². The average Bonchev–Trinajstić information content (AvgIpc) is 2.87. The lowest BCUT2D eigenvalue weighted by molar-refractivity contribution is -0.385. The minimum absolute atomic E-state index is 0.0298. The molecule has 0 N–H and O–H groups in total. The molecule has 2 aromatic rings. The van der Waals surface area contributed by atoms with Gasteiger partial charge in [0.25, 0.3) is 5.69 Å². The van der Waals surface area contributed by atoms with E-state index in [4.69, 9.17) is 4.74 Å². The summed E-state index contributed by atoms with van der Waals surface area (Å²) in [5.41, 5.74) is 0.566. The van der Waals surface area contributed by atoms with E-state index in [2.05, 4.69) is 10.3 Å². The highest BCUT2D eigenvalue weighted by atomic mass is 16.6. The summed E-state index contributed by atoms with van der Waals surface area (Å²) in [7, 11) is 0. The molecule has 8 heteroatoms. The van der Waals surface area contributed by atoms with Crippen LogP contribution in [0.1, 0.15) is 23.0 Å². The molecule has 2 rings (SSSR count). The number of nitro groups is 1. The summed E-state index contributed by atoms with van der Waals surface area (Å²) >= 11 is 0. The Morgan fingerprint density at radius 3 is 2.90 bits per heavy atom. The fourth-order valence-electron chi connectivity index (χ4n) is 1.72. The summed E-state index contributed by atoms with van der Waals surface area (Å²) in [5, 5.41) is 18.3. The Hall–Kier alpha value is -2.77. The number of hydrogen-bond acceptors (Lipinski definition) is 6. The normalized spacial score (nSPS) is 10.2. The highest BCUT2D eigenvalue weighted by Crippen LogP contribution is 2.19. The number of rotatable bonds is 5. The second kappa shape index (κ2) is 5.91. The standard InChI is InChI=1S/C12H12N4O4/c1-2-20-12(17)11-7-13-14-15(11)8-9-5-3-4-6-10(9)16(18)19/h3-7H,2,8H2,1H3. The zero-order valence-corrected chi connectivity index (χ0v) is 10.7. The van der Waals surface area contributed by atoms with Gasteiger partial charge in [0.1, 0.15) is 0 Å². The number of hydrogen-bond donors (Lipinski definition) is 0. The quantitative estimate of drug-likeness (QED) is 0.465. The van der Waals surface area contributed by atoms with Gasteiger partial charge >= 0.3 is 5.97 Å². The molecule has 0 aliphatic heterocycles. The smallest absolute Gasteiger partial charge is 0.358 e. The molecule has 0 aliphatic rings. The van der Waals surface area contributed by atoms with E-state index in [9.17, 15) is 14.9 Å². The highest BCUT2D eigenvalue weighted by Gasteiger charge is 2.18. The van der Waals surface area contributed by atoms with Gasteiger partial charge < -0.3 is 4.74 Å². The van der Waals surface area contributed by atoms with Gasteiger partial charge in [0.2, 0.25) is 0 Å². The molecule has 0 aliphatic carbocycles. The molecule has 0 unspecified atom stereocenters. The van der Waals surface area contributed by atoms with Crippen molar-refractivity contribution >= 4 is 11.7 Å². The number of esters is 1. The lowest BCUT2D eigenvalue weighted by atomic mass is 10.2. The average molecular weight is 276 g/mol. The molecule has 1 aromatic carbocycles. The number of ether oxygens (including phenoxy) is 1. The largest absolute Gasteiger partial charge is 0.461 e. The molecule has 0 amide bonds. The lowest BCUT2D eigenvalue weighted by Crippen LogP contribution is -2.14. The Morgan fingerprint density at radius 1 is 1.45 bits per heavy atom. The van der Waals surface area contributed by atoms with E-state index in [0.29, 0.717) is 5.56 Å². The zero-order valence-electron chi connectivity index (χ0n) is 10.7. The molecule has 0 radical (unpaired) electrons. The molecule has 0 bridgehead atoms. The van der Waals surface area contributed by atoms with Crippen molar-refractivity contribution in [3.8, 4) is 0 Å². The summed E-state index contributed by atoms with van der Waals surface area (Å²) in [6.07, 6.45) is 1.27. The first-order valence-corrected chi connectivity index (χ1v) is 5.91. The summed E-state index contributed by atoms with van der Waals surface area (Å²) in [6.45, 7) is 1.99. The van der Waals surface area contributed by atoms with Crippen molar-refractivity contribution in [2.45, 2.75) is 13.5 Å². The van der Waals surface area contributed by atoms with Gasteiger partial charge in [0, 0.05) is 6.07 Å². The van der Waals surface area contributed by atoms with E-state index in [1.54, 1.807) is 25.1 Å². The first-order chi connectivity index (χ1) is 9.63. The highest BCUT2D eigenvalue weighted by molar-refractivity contribution is 5.87. The third kappa shape index (κ3) is 2.79. The summed E-state index contributed by atoms with van der Waals surface area (Å²) in [6, 6.07) is 6.27. The van der Waals surface area contributed by atoms with Gasteiger partial charge in [-0.2, -0.15) is 0 Å². The van der Waals surface area contributed by atoms with Gasteiger partial charge in [-0.05, 0) is 6.92 Å². The molecule has 0 spiro atoms. The molecule has 0 saturated heterocycles. The third-order valence-corrected chi connectivity index (χ3v) is 2.61. The van der Waals surface area contributed by atoms with Crippen LogP contribution in [-0.2, 0) is 11.3 Å². The van der Waals surface area contributed by atoms with Crippen LogP contribution in [0, 0.1) is 10.1 Å². The number of nitro benzene ring substituents is 1. The number of para-hydroxylation sites is 1. The van der Waals surface area contributed by atoms with Crippen molar-refractivity contribution in [1.82, 2.24) is 15.0 Å². The Kier molecular flexibility index (Phi) is 4.04. The van der Waals surface area contributed by atoms with Crippen LogP contribution >= 0.6 is 0 Å². The Balaban J connectivity index is 2.30. The summed E-state index contributed by atoms with van der Waals surface area (Å²) in [4.78, 5) is 22.1. The van der Waals surface area contributed by atoms with Crippen molar-refractivity contribution in [3.05, 3.63) is 51.8 Å². The molecule has 1 heterocycles. The molecule has 20 heavy (non-hydrogen) atoms. The fraction of sp³-hybridized carbons (Fsp3) is 0.250. The Bertz CT molecular complexity index is 638. The number of aromatic nitrogens is 3. The van der Waals surface area contributed by atoms with E-state index in [1.165, 1.54) is 16.9 Å². The predicted molar refractivity (Wildman–Crippen MR) is 68.2 cm³/mol. The topological polar surface area (TPSA) is 100 Å². The van der Waals surface area contributed by atoms with E-state index < -0.39 is 10.9 Å². The van der Waals surface area contributed by atoms with Gasteiger partial charge in [0.05, 0.1) is 29.8 Å². The lowest BCUT2D eigenvalue weighted by Gasteiger charge is -2.06. The molecule has 0 atom stereocenters. The first-order valence-electron chi connectivity index (χ1n) is 5.91.